The molecule has 0 radical (unpaired) electrons. The van der Waals surface area contributed by atoms with Gasteiger partial charge in [0.2, 0.25) is 0 Å². The molecule has 2 heterocycles. The van der Waals surface area contributed by atoms with E-state index in [1.807, 2.05) is 13.8 Å². The Morgan fingerprint density at radius 1 is 1.19 bits per heavy atom. The molecular formula is C22H30ClN5O2S. The molecule has 0 spiro atoms. The number of piperidine rings is 1. The van der Waals surface area contributed by atoms with Crippen molar-refractivity contribution in [3.05, 3.63) is 45.4 Å². The molecule has 0 atom stereocenters. The molecule has 1 aromatic carbocycles. The van der Waals surface area contributed by atoms with Gasteiger partial charge in [-0.1, -0.05) is 18.0 Å². The van der Waals surface area contributed by atoms with Gasteiger partial charge < -0.3 is 20.4 Å². The lowest BCUT2D eigenvalue weighted by atomic mass is 10.1. The van der Waals surface area contributed by atoms with Crippen LogP contribution in [0.4, 0.5) is 10.5 Å². The molecule has 3 amide bonds. The first-order valence-corrected chi connectivity index (χ1v) is 12.0. The Morgan fingerprint density at radius 2 is 1.90 bits per heavy atom. The number of amides is 3. The first-order valence-electron chi connectivity index (χ1n) is 10.7. The predicted molar refractivity (Wildman–Crippen MR) is 126 cm³/mol. The number of nitrogens with zero attached hydrogens (tertiary/aromatic N) is 3. The number of benzene rings is 1. The molecule has 2 aromatic rings. The summed E-state index contributed by atoms with van der Waals surface area (Å²) >= 11 is 7.29. The number of anilines is 1. The molecule has 31 heavy (non-hydrogen) atoms. The van der Waals surface area contributed by atoms with Crippen molar-refractivity contribution in [3.63, 3.8) is 0 Å². The second-order valence-electron chi connectivity index (χ2n) is 7.94. The fourth-order valence-electron chi connectivity index (χ4n) is 3.45. The smallest absolute Gasteiger partial charge is 0.322 e. The Bertz CT molecular complexity index is 865. The van der Waals surface area contributed by atoms with Gasteiger partial charge >= 0.3 is 6.03 Å². The summed E-state index contributed by atoms with van der Waals surface area (Å²) in [6, 6.07) is 6.73. The molecule has 1 aliphatic heterocycles. The molecule has 3 rings (SSSR count). The summed E-state index contributed by atoms with van der Waals surface area (Å²) in [5.41, 5.74) is 1.08. The first kappa shape index (κ1) is 23.5. The van der Waals surface area contributed by atoms with Crippen molar-refractivity contribution < 1.29 is 9.59 Å². The van der Waals surface area contributed by atoms with Crippen molar-refractivity contribution in [2.75, 3.05) is 31.5 Å². The van der Waals surface area contributed by atoms with Crippen molar-refractivity contribution in [2.24, 2.45) is 0 Å². The van der Waals surface area contributed by atoms with Crippen LogP contribution in [-0.2, 0) is 6.54 Å². The van der Waals surface area contributed by atoms with Gasteiger partial charge in [-0.15, -0.1) is 11.3 Å². The minimum absolute atomic E-state index is 0.0296. The van der Waals surface area contributed by atoms with E-state index < -0.39 is 0 Å². The largest absolute Gasteiger partial charge is 0.349 e. The van der Waals surface area contributed by atoms with Crippen LogP contribution in [0.5, 0.6) is 0 Å². The molecule has 0 aliphatic carbocycles. The molecule has 0 unspecified atom stereocenters. The van der Waals surface area contributed by atoms with Crippen LogP contribution >= 0.6 is 22.9 Å². The highest BCUT2D eigenvalue weighted by Crippen LogP contribution is 2.18. The number of urea groups is 1. The predicted octanol–water partition coefficient (Wildman–Crippen LogP) is 4.45. The standard InChI is InChI=1S/C22H30ClN5O2S/c1-16(2)28(22(30)25-18-8-6-17(23)7-9-18)14-20-26-19(15-31-20)21(29)24-10-13-27-11-4-3-5-12-27/h6-9,15-16H,3-5,10-14H2,1-2H3,(H,24,29)(H,25,30). The number of thiazole rings is 1. The number of carbonyl (C=O) groups is 2. The van der Waals surface area contributed by atoms with Crippen LogP contribution in [0.3, 0.4) is 0 Å². The lowest BCUT2D eigenvalue weighted by molar-refractivity contribution is 0.0942. The van der Waals surface area contributed by atoms with Crippen molar-refractivity contribution >= 4 is 40.6 Å². The first-order chi connectivity index (χ1) is 14.9. The number of carbonyl (C=O) groups excluding carboxylic acids is 2. The van der Waals surface area contributed by atoms with Gasteiger partial charge in [-0.3, -0.25) is 4.79 Å². The van der Waals surface area contributed by atoms with Gasteiger partial charge in [0, 0.05) is 35.2 Å². The molecule has 1 aliphatic rings. The van der Waals surface area contributed by atoms with E-state index in [2.05, 4.69) is 20.5 Å². The average Bonchev–Trinajstić information content (AvgIpc) is 3.23. The van der Waals surface area contributed by atoms with E-state index >= 15 is 0 Å². The van der Waals surface area contributed by atoms with Crippen LogP contribution in [-0.4, -0.2) is 58.9 Å². The number of nitrogens with one attached hydrogen (secondary N) is 2. The molecule has 7 nitrogen and oxygen atoms in total. The number of hydrogen-bond donors (Lipinski definition) is 2. The molecule has 1 fully saturated rings. The highest BCUT2D eigenvalue weighted by Gasteiger charge is 2.20. The zero-order valence-corrected chi connectivity index (χ0v) is 19.6. The Hall–Kier alpha value is -2.16. The van der Waals surface area contributed by atoms with Crippen LogP contribution in [0.15, 0.2) is 29.6 Å². The molecule has 1 saturated heterocycles. The minimum atomic E-state index is -0.222. The van der Waals surface area contributed by atoms with E-state index in [-0.39, 0.29) is 18.0 Å². The minimum Gasteiger partial charge on any atom is -0.349 e. The lowest BCUT2D eigenvalue weighted by Crippen LogP contribution is -2.39. The summed E-state index contributed by atoms with van der Waals surface area (Å²) in [6.45, 7) is 7.94. The van der Waals surface area contributed by atoms with E-state index in [0.717, 1.165) is 24.6 Å². The quantitative estimate of drug-likeness (QED) is 0.606. The fraction of sp³-hybridized carbons (Fsp3) is 0.500. The number of hydrogen-bond acceptors (Lipinski definition) is 5. The van der Waals surface area contributed by atoms with Crippen molar-refractivity contribution in [1.82, 2.24) is 20.1 Å². The summed E-state index contributed by atoms with van der Waals surface area (Å²) in [6.07, 6.45) is 3.78. The maximum Gasteiger partial charge on any atom is 0.322 e. The maximum absolute atomic E-state index is 12.8. The number of halogens is 1. The van der Waals surface area contributed by atoms with Crippen LogP contribution in [0.2, 0.25) is 5.02 Å². The molecule has 2 N–H and O–H groups in total. The Balaban J connectivity index is 1.52. The van der Waals surface area contributed by atoms with Gasteiger partial charge in [-0.05, 0) is 64.0 Å². The third-order valence-corrected chi connectivity index (χ3v) is 6.32. The molecule has 0 bridgehead atoms. The second kappa shape index (κ2) is 11.5. The van der Waals surface area contributed by atoms with Gasteiger partial charge in [0.1, 0.15) is 10.7 Å². The molecule has 9 heteroatoms. The average molecular weight is 464 g/mol. The Morgan fingerprint density at radius 3 is 2.58 bits per heavy atom. The van der Waals surface area contributed by atoms with E-state index in [1.165, 1.54) is 30.6 Å². The Kier molecular flexibility index (Phi) is 8.69. The molecular weight excluding hydrogens is 434 g/mol. The van der Waals surface area contributed by atoms with Crippen LogP contribution < -0.4 is 10.6 Å². The van der Waals surface area contributed by atoms with Crippen molar-refractivity contribution in [2.45, 2.75) is 45.7 Å². The fourth-order valence-corrected chi connectivity index (χ4v) is 4.35. The van der Waals surface area contributed by atoms with E-state index in [0.29, 0.717) is 29.5 Å². The number of aromatic nitrogens is 1. The maximum atomic E-state index is 12.8. The monoisotopic (exact) mass is 463 g/mol. The van der Waals surface area contributed by atoms with Crippen molar-refractivity contribution in [3.8, 4) is 0 Å². The Labute approximate surface area is 192 Å². The molecule has 1 aromatic heterocycles. The summed E-state index contributed by atoms with van der Waals surface area (Å²) < 4.78 is 0. The SMILES string of the molecule is CC(C)N(Cc1nc(C(=O)NCCN2CCCCC2)cs1)C(=O)Nc1ccc(Cl)cc1. The summed E-state index contributed by atoms with van der Waals surface area (Å²) in [4.78, 5) is 33.7. The normalized spacial score (nSPS) is 14.5. The number of likely N-dealkylation sites (tertiary alicyclic amines) is 1. The van der Waals surface area contributed by atoms with Gasteiger partial charge in [0.25, 0.3) is 5.91 Å². The van der Waals surface area contributed by atoms with Gasteiger partial charge in [-0.25, -0.2) is 9.78 Å². The highest BCUT2D eigenvalue weighted by molar-refractivity contribution is 7.09. The van der Waals surface area contributed by atoms with E-state index in [9.17, 15) is 9.59 Å². The zero-order valence-electron chi connectivity index (χ0n) is 18.1. The van der Waals surface area contributed by atoms with Gasteiger partial charge in [-0.2, -0.15) is 0 Å². The zero-order chi connectivity index (χ0) is 22.2. The molecule has 0 saturated carbocycles. The summed E-state index contributed by atoms with van der Waals surface area (Å²) in [7, 11) is 0. The third kappa shape index (κ3) is 7.19. The van der Waals surface area contributed by atoms with Crippen LogP contribution in [0.1, 0.15) is 48.6 Å². The van der Waals surface area contributed by atoms with Crippen molar-refractivity contribution in [1.29, 1.82) is 0 Å². The molecule has 168 valence electrons. The second-order valence-corrected chi connectivity index (χ2v) is 9.32. The summed E-state index contributed by atoms with van der Waals surface area (Å²) in [5, 5.41) is 8.92. The van der Waals surface area contributed by atoms with E-state index in [1.54, 1.807) is 34.5 Å². The highest BCUT2D eigenvalue weighted by atomic mass is 35.5. The van der Waals surface area contributed by atoms with Crippen LogP contribution in [0, 0.1) is 0 Å². The number of rotatable bonds is 8. The summed E-state index contributed by atoms with van der Waals surface area (Å²) in [5.74, 6) is -0.166. The van der Waals surface area contributed by atoms with Gasteiger partial charge in [0.15, 0.2) is 0 Å². The topological polar surface area (TPSA) is 77.6 Å². The third-order valence-electron chi connectivity index (χ3n) is 5.23. The van der Waals surface area contributed by atoms with E-state index in [4.69, 9.17) is 11.6 Å². The van der Waals surface area contributed by atoms with Crippen LogP contribution in [0.25, 0.3) is 0 Å². The van der Waals surface area contributed by atoms with Gasteiger partial charge in [0.05, 0.1) is 6.54 Å². The lowest BCUT2D eigenvalue weighted by Gasteiger charge is -2.26.